The van der Waals surface area contributed by atoms with Crippen molar-refractivity contribution < 1.29 is 15.6 Å². The van der Waals surface area contributed by atoms with Crippen molar-refractivity contribution in [3.8, 4) is 0 Å². The summed E-state index contributed by atoms with van der Waals surface area (Å²) >= 11 is -1.79. The number of hydrogen-bond acceptors (Lipinski definition) is 3. The molecule has 0 aromatic heterocycles. The molecule has 4 heavy (non-hydrogen) atoms. The van der Waals surface area contributed by atoms with Gasteiger partial charge in [-0.3, -0.25) is 0 Å². The van der Waals surface area contributed by atoms with Crippen LogP contribution in [0.2, 0.25) is 0 Å². The second kappa shape index (κ2) is 2.76. The summed E-state index contributed by atoms with van der Waals surface area (Å²) in [5.74, 6) is 0. The summed E-state index contributed by atoms with van der Waals surface area (Å²) in [5, 5.41) is 0. The molecule has 0 rings (SSSR count). The van der Waals surface area contributed by atoms with Crippen molar-refractivity contribution >= 4 is 26.6 Å². The van der Waals surface area contributed by atoms with Gasteiger partial charge in [0.15, 0.2) is 0 Å². The molecule has 0 saturated carbocycles. The zero-order valence-corrected chi connectivity index (χ0v) is 6.63. The number of hydrogen-bond donors (Lipinski definition) is 0. The molecular formula is S3Zr. The molecule has 0 aromatic rings. The Bertz CT molecular complexity index is 72.7. The van der Waals surface area contributed by atoms with Crippen LogP contribution in [0.3, 0.4) is 0 Å². The topological polar surface area (TPSA) is 0 Å². The van der Waals surface area contributed by atoms with E-state index < -0.39 is 15.6 Å². The van der Waals surface area contributed by atoms with Crippen LogP contribution in [0.1, 0.15) is 0 Å². The molecule has 0 nitrogen and oxygen atoms in total. The summed E-state index contributed by atoms with van der Waals surface area (Å²) in [6, 6.07) is 0. The van der Waals surface area contributed by atoms with Gasteiger partial charge in [-0.2, -0.15) is 0 Å². The van der Waals surface area contributed by atoms with E-state index in [9.17, 15) is 0 Å². The summed E-state index contributed by atoms with van der Waals surface area (Å²) in [6.45, 7) is 0. The Labute approximate surface area is 41.7 Å². The third-order valence-electron chi connectivity index (χ3n) is 0. The van der Waals surface area contributed by atoms with Crippen molar-refractivity contribution in [2.45, 2.75) is 0 Å². The summed E-state index contributed by atoms with van der Waals surface area (Å²) in [7, 11) is 13.3. The maximum atomic E-state index is 4.45. The van der Waals surface area contributed by atoms with E-state index in [0.717, 1.165) is 0 Å². The van der Waals surface area contributed by atoms with Crippen LogP contribution < -0.4 is 0 Å². The third-order valence-corrected chi connectivity index (χ3v) is 0. The Balaban J connectivity index is 4.65. The van der Waals surface area contributed by atoms with E-state index in [1.165, 1.54) is 0 Å². The van der Waals surface area contributed by atoms with Gasteiger partial charge in [-0.1, -0.05) is 0 Å². The molecule has 0 spiro atoms. The molecule has 0 atom stereocenters. The molecule has 0 aliphatic carbocycles. The van der Waals surface area contributed by atoms with Crippen LogP contribution in [0.25, 0.3) is 0 Å². The Kier molecular flexibility index (Phi) is 3.83. The van der Waals surface area contributed by atoms with Crippen molar-refractivity contribution in [1.82, 2.24) is 0 Å². The third kappa shape index (κ3) is 9.62. The molecule has 0 saturated heterocycles. The predicted octanol–water partition coefficient (Wildman–Crippen LogP) is 1.94. The van der Waals surface area contributed by atoms with Crippen LogP contribution in [-0.2, 0) is 15.6 Å². The standard InChI is InChI=1S/3S.Zr. The quantitative estimate of drug-likeness (QED) is 0.569. The first-order valence-electron chi connectivity index (χ1n) is 0.612. The average molecular weight is 187 g/mol. The van der Waals surface area contributed by atoms with Gasteiger partial charge in [0.05, 0.1) is 0 Å². The molecule has 4 heteroatoms. The van der Waals surface area contributed by atoms with E-state index in [0.29, 0.717) is 0 Å². The van der Waals surface area contributed by atoms with Crippen LogP contribution in [0.5, 0.6) is 0 Å². The minimum absolute atomic E-state index is 1.79. The van der Waals surface area contributed by atoms with E-state index in [1.807, 2.05) is 0 Å². The van der Waals surface area contributed by atoms with Gasteiger partial charge in [0.25, 0.3) is 0 Å². The van der Waals surface area contributed by atoms with Crippen LogP contribution in [0.15, 0.2) is 0 Å². The predicted molar refractivity (Wildman–Crippen MR) is 22.8 cm³/mol. The van der Waals surface area contributed by atoms with E-state index >= 15 is 0 Å². The monoisotopic (exact) mass is 186 g/mol. The molecule has 0 aromatic carbocycles. The van der Waals surface area contributed by atoms with Crippen molar-refractivity contribution in [2.75, 3.05) is 0 Å². The molecule has 0 bridgehead atoms. The fraction of sp³-hybridized carbons (Fsp3) is 0. The Morgan fingerprint density at radius 1 is 1.00 bits per heavy atom. The van der Waals surface area contributed by atoms with Gasteiger partial charge in [0.1, 0.15) is 0 Å². The molecule has 0 fully saturated rings. The molecule has 0 aliphatic rings. The van der Waals surface area contributed by atoms with Gasteiger partial charge in [-0.05, 0) is 0 Å². The van der Waals surface area contributed by atoms with E-state index in [2.05, 4.69) is 26.6 Å². The summed E-state index contributed by atoms with van der Waals surface area (Å²) in [5.41, 5.74) is 0. The van der Waals surface area contributed by atoms with Gasteiger partial charge in [0, 0.05) is 0 Å². The summed E-state index contributed by atoms with van der Waals surface area (Å²) in [4.78, 5) is 0. The first kappa shape index (κ1) is 5.54. The molecule has 0 aliphatic heterocycles. The van der Waals surface area contributed by atoms with Crippen molar-refractivity contribution in [3.05, 3.63) is 0 Å². The SMILES string of the molecule is [S]=[Zr](=[S])=[S]. The minimum atomic E-state index is -1.79. The van der Waals surface area contributed by atoms with E-state index in [4.69, 9.17) is 0 Å². The van der Waals surface area contributed by atoms with Gasteiger partial charge >= 0.3 is 42.2 Å². The molecule has 0 radical (unpaired) electrons. The van der Waals surface area contributed by atoms with Crippen LogP contribution in [-0.4, -0.2) is 0 Å². The normalized spacial score (nSPS) is 3.75. The van der Waals surface area contributed by atoms with Gasteiger partial charge < -0.3 is 0 Å². The second-order valence-electron chi connectivity index (χ2n) is 0.250. The fourth-order valence-corrected chi connectivity index (χ4v) is 0. The zero-order valence-electron chi connectivity index (χ0n) is 1.72. The average Bonchev–Trinajstić information content (AvgIpc) is 0.811. The molecule has 22 valence electrons. The van der Waals surface area contributed by atoms with Crippen molar-refractivity contribution in [1.29, 1.82) is 0 Å². The van der Waals surface area contributed by atoms with Gasteiger partial charge in [-0.25, -0.2) is 0 Å². The van der Waals surface area contributed by atoms with Crippen LogP contribution in [0.4, 0.5) is 0 Å². The molecule has 0 amide bonds. The summed E-state index contributed by atoms with van der Waals surface area (Å²) in [6.07, 6.45) is 0. The van der Waals surface area contributed by atoms with Crippen molar-refractivity contribution in [2.24, 2.45) is 0 Å². The van der Waals surface area contributed by atoms with Gasteiger partial charge in [-0.15, -0.1) is 0 Å². The van der Waals surface area contributed by atoms with Crippen LogP contribution >= 0.6 is 26.6 Å². The first-order valence-corrected chi connectivity index (χ1v) is 10.9. The molecular weight excluding hydrogens is 187 g/mol. The van der Waals surface area contributed by atoms with Crippen LogP contribution in [0, 0.1) is 0 Å². The second-order valence-corrected chi connectivity index (χ2v) is 13.3. The Morgan fingerprint density at radius 2 is 1.00 bits per heavy atom. The van der Waals surface area contributed by atoms with Crippen molar-refractivity contribution in [3.63, 3.8) is 0 Å². The first-order chi connectivity index (χ1) is 1.73. The van der Waals surface area contributed by atoms with E-state index in [1.54, 1.807) is 0 Å². The maximum absolute atomic E-state index is 4.45. The zero-order chi connectivity index (χ0) is 3.58. The molecule has 0 unspecified atom stereocenters. The van der Waals surface area contributed by atoms with E-state index in [-0.39, 0.29) is 0 Å². The molecule has 0 N–H and O–H groups in total. The number of rotatable bonds is 0. The Hall–Kier alpha value is 1.54. The van der Waals surface area contributed by atoms with Gasteiger partial charge in [0.2, 0.25) is 0 Å². The fourth-order valence-electron chi connectivity index (χ4n) is 0. The Morgan fingerprint density at radius 3 is 1.00 bits per heavy atom. The molecule has 0 heterocycles. The summed E-state index contributed by atoms with van der Waals surface area (Å²) < 4.78 is 0.